The number of carbonyl (C=O) groups excluding carboxylic acids is 1. The topological polar surface area (TPSA) is 37.3 Å². The van der Waals surface area contributed by atoms with E-state index in [1.165, 1.54) is 6.08 Å². The first-order chi connectivity index (χ1) is 13.1. The molecule has 1 N–H and O–H groups in total. The van der Waals surface area contributed by atoms with Crippen LogP contribution in [-0.4, -0.2) is 34.1 Å². The molecular formula is C24H34O2Si2. The van der Waals surface area contributed by atoms with E-state index < -0.39 is 16.1 Å². The van der Waals surface area contributed by atoms with Crippen LogP contribution in [0.3, 0.4) is 0 Å². The Kier molecular flexibility index (Phi) is 18.2. The Labute approximate surface area is 174 Å². The molecule has 0 fully saturated rings. The van der Waals surface area contributed by atoms with Crippen LogP contribution in [0, 0.1) is 46.6 Å². The van der Waals surface area contributed by atoms with Crippen LogP contribution in [0.4, 0.5) is 0 Å². The second kappa shape index (κ2) is 18.2. The van der Waals surface area contributed by atoms with Gasteiger partial charge in [0.25, 0.3) is 0 Å². The van der Waals surface area contributed by atoms with Crippen molar-refractivity contribution >= 4 is 22.4 Å². The number of carbonyl (C=O) groups is 1. The first-order valence-electron chi connectivity index (χ1n) is 9.48. The summed E-state index contributed by atoms with van der Waals surface area (Å²) in [7, 11) is -2.51. The summed E-state index contributed by atoms with van der Waals surface area (Å²) in [5.41, 5.74) is 6.35. The lowest BCUT2D eigenvalue weighted by Crippen LogP contribution is -2.16. The van der Waals surface area contributed by atoms with Gasteiger partial charge in [-0.3, -0.25) is 4.79 Å². The van der Waals surface area contributed by atoms with Crippen LogP contribution >= 0.6 is 0 Å². The van der Waals surface area contributed by atoms with E-state index in [4.69, 9.17) is 5.11 Å². The third kappa shape index (κ3) is 31.5. The van der Waals surface area contributed by atoms with Crippen LogP contribution in [0.5, 0.6) is 0 Å². The van der Waals surface area contributed by atoms with Crippen LogP contribution in [0.15, 0.2) is 24.3 Å². The molecule has 28 heavy (non-hydrogen) atoms. The Bertz CT molecular complexity index is 732. The van der Waals surface area contributed by atoms with E-state index in [0.29, 0.717) is 0 Å². The van der Waals surface area contributed by atoms with Gasteiger partial charge in [0.15, 0.2) is 0 Å². The number of rotatable bonds is 6. The average Bonchev–Trinajstić information content (AvgIpc) is 2.58. The molecule has 0 aromatic carbocycles. The van der Waals surface area contributed by atoms with Crippen LogP contribution in [-0.2, 0) is 4.79 Å². The van der Waals surface area contributed by atoms with Gasteiger partial charge in [-0.2, -0.15) is 0 Å². The van der Waals surface area contributed by atoms with Crippen LogP contribution in [0.25, 0.3) is 0 Å². The van der Waals surface area contributed by atoms with Crippen molar-refractivity contribution in [3.05, 3.63) is 24.3 Å². The van der Waals surface area contributed by atoms with Crippen molar-refractivity contribution in [2.45, 2.75) is 65.0 Å². The lowest BCUT2D eigenvalue weighted by molar-refractivity contribution is -0.104. The predicted molar refractivity (Wildman–Crippen MR) is 128 cm³/mol. The number of unbranched alkanes of at least 4 members (excludes halogenated alkanes) is 2. The highest BCUT2D eigenvalue weighted by molar-refractivity contribution is 6.84. The summed E-state index contributed by atoms with van der Waals surface area (Å²) in [6.45, 7) is 13.3. The van der Waals surface area contributed by atoms with Crippen molar-refractivity contribution in [2.24, 2.45) is 0 Å². The third-order valence-corrected chi connectivity index (χ3v) is 4.29. The number of allylic oxidation sites excluding steroid dienone is 3. The molecule has 0 aromatic rings. The Morgan fingerprint density at radius 1 is 0.714 bits per heavy atom. The van der Waals surface area contributed by atoms with Crippen molar-refractivity contribution < 1.29 is 9.90 Å². The van der Waals surface area contributed by atoms with E-state index in [0.717, 1.165) is 32.0 Å². The summed E-state index contributed by atoms with van der Waals surface area (Å²) in [6.07, 6.45) is 11.0. The molecule has 2 nitrogen and oxygen atoms in total. The minimum atomic E-state index is -1.26. The highest BCUT2D eigenvalue weighted by atomic mass is 28.3. The molecule has 0 saturated carbocycles. The molecule has 0 atom stereocenters. The highest BCUT2D eigenvalue weighted by Gasteiger charge is 2.07. The van der Waals surface area contributed by atoms with E-state index in [2.05, 4.69) is 85.9 Å². The van der Waals surface area contributed by atoms with Crippen molar-refractivity contribution in [3.8, 4) is 46.6 Å². The molecule has 0 saturated heterocycles. The first kappa shape index (κ1) is 28.0. The summed E-state index contributed by atoms with van der Waals surface area (Å²) < 4.78 is 0. The Morgan fingerprint density at radius 3 is 1.57 bits per heavy atom. The molecule has 0 rings (SSSR count). The molecule has 0 aliphatic rings. The number of aliphatic hydroxyl groups is 1. The average molecular weight is 411 g/mol. The number of hydrogen-bond acceptors (Lipinski definition) is 2. The maximum Gasteiger partial charge on any atom is 0.142 e. The molecule has 0 aliphatic carbocycles. The summed E-state index contributed by atoms with van der Waals surface area (Å²) in [5.74, 6) is 17.4. The van der Waals surface area contributed by atoms with Gasteiger partial charge in [0.05, 0.1) is 6.61 Å². The molecule has 0 amide bonds. The second-order valence-electron chi connectivity index (χ2n) is 7.90. The van der Waals surface area contributed by atoms with Gasteiger partial charge in [0.2, 0.25) is 0 Å². The molecule has 0 aliphatic heterocycles. The zero-order valence-electron chi connectivity index (χ0n) is 18.3. The van der Waals surface area contributed by atoms with Gasteiger partial charge in [0, 0.05) is 12.8 Å². The maximum atomic E-state index is 9.91. The first-order valence-corrected chi connectivity index (χ1v) is 16.5. The summed E-state index contributed by atoms with van der Waals surface area (Å²) in [5, 5.41) is 8.46. The zero-order chi connectivity index (χ0) is 21.7. The van der Waals surface area contributed by atoms with E-state index in [1.54, 1.807) is 6.08 Å². The minimum absolute atomic E-state index is 0.114. The molecule has 0 unspecified atom stereocenters. The van der Waals surface area contributed by atoms with Crippen LogP contribution < -0.4 is 0 Å². The molecule has 0 bridgehead atoms. The summed E-state index contributed by atoms with van der Waals surface area (Å²) in [6, 6.07) is 0. The monoisotopic (exact) mass is 410 g/mol. The largest absolute Gasteiger partial charge is 0.392 e. The lowest BCUT2D eigenvalue weighted by Gasteiger charge is -2.01. The van der Waals surface area contributed by atoms with E-state index in [-0.39, 0.29) is 6.61 Å². The van der Waals surface area contributed by atoms with Gasteiger partial charge < -0.3 is 5.11 Å². The fourth-order valence-corrected chi connectivity index (χ4v) is 2.18. The normalized spacial score (nSPS) is 10.1. The van der Waals surface area contributed by atoms with Gasteiger partial charge in [-0.25, -0.2) is 0 Å². The number of aliphatic hydroxyl groups excluding tert-OH is 1. The molecule has 4 heteroatoms. The Hall–Kier alpha value is -2.22. The molecule has 0 spiro atoms. The summed E-state index contributed by atoms with van der Waals surface area (Å²) in [4.78, 5) is 9.91. The Balaban J connectivity index is 0. The van der Waals surface area contributed by atoms with Gasteiger partial charge in [0.1, 0.15) is 22.4 Å². The molecule has 0 heterocycles. The number of hydrogen-bond donors (Lipinski definition) is 1. The minimum Gasteiger partial charge on any atom is -0.392 e. The van der Waals surface area contributed by atoms with Crippen LogP contribution in [0.2, 0.25) is 39.3 Å². The van der Waals surface area contributed by atoms with E-state index in [9.17, 15) is 4.79 Å². The maximum absolute atomic E-state index is 9.91. The van der Waals surface area contributed by atoms with Crippen molar-refractivity contribution in [1.82, 2.24) is 0 Å². The fourth-order valence-electron chi connectivity index (χ4n) is 1.31. The van der Waals surface area contributed by atoms with Crippen LogP contribution in [0.1, 0.15) is 25.7 Å². The predicted octanol–water partition coefficient (Wildman–Crippen LogP) is 4.61. The molecule has 0 aromatic heterocycles. The number of aldehydes is 1. The Morgan fingerprint density at radius 2 is 1.18 bits per heavy atom. The van der Waals surface area contributed by atoms with Gasteiger partial charge in [-0.05, 0) is 42.6 Å². The zero-order valence-corrected chi connectivity index (χ0v) is 20.3. The second-order valence-corrected chi connectivity index (χ2v) is 17.4. The SMILES string of the molecule is C[Si](C)(C)C#CC#CCC/C=C/C=O.C[Si](C)(C)C#CC#CCC/C=C/CO. The quantitative estimate of drug-likeness (QED) is 0.173. The standard InChI is InChI=1S/C12H18OSi.C12H16OSi/c2*1-14(2,3)12-10-8-6-4-5-7-9-11-13/h7,9,13H,4-5,11H2,1-3H3;7,9,11H,4-5H2,1-3H3/b2*9-7+. The fraction of sp³-hybridized carbons (Fsp3) is 0.458. The van der Waals surface area contributed by atoms with Crippen molar-refractivity contribution in [1.29, 1.82) is 0 Å². The lowest BCUT2D eigenvalue weighted by atomic mass is 10.3. The smallest absolute Gasteiger partial charge is 0.142 e. The van der Waals surface area contributed by atoms with Crippen molar-refractivity contribution in [2.75, 3.05) is 6.61 Å². The van der Waals surface area contributed by atoms with Gasteiger partial charge >= 0.3 is 0 Å². The molecule has 150 valence electrons. The van der Waals surface area contributed by atoms with Crippen molar-refractivity contribution in [3.63, 3.8) is 0 Å². The highest BCUT2D eigenvalue weighted by Crippen LogP contribution is 1.96. The van der Waals surface area contributed by atoms with Gasteiger partial charge in [-0.15, -0.1) is 11.1 Å². The molecule has 0 radical (unpaired) electrons. The molecular weight excluding hydrogens is 376 g/mol. The van der Waals surface area contributed by atoms with Gasteiger partial charge in [-0.1, -0.05) is 69.4 Å². The summed E-state index contributed by atoms with van der Waals surface area (Å²) >= 11 is 0. The van der Waals surface area contributed by atoms with E-state index >= 15 is 0 Å². The third-order valence-electron chi connectivity index (χ3n) is 2.54. The van der Waals surface area contributed by atoms with E-state index in [1.807, 2.05) is 12.2 Å².